The predicted octanol–water partition coefficient (Wildman–Crippen LogP) is 2.46. The van der Waals surface area contributed by atoms with Crippen molar-refractivity contribution in [3.05, 3.63) is 46.8 Å². The highest BCUT2D eigenvalue weighted by Gasteiger charge is 2.29. The normalized spacial score (nSPS) is 19.7. The first-order valence-corrected chi connectivity index (χ1v) is 9.15. The Labute approximate surface area is 159 Å². The summed E-state index contributed by atoms with van der Waals surface area (Å²) in [5, 5.41) is 7.06. The highest BCUT2D eigenvalue weighted by molar-refractivity contribution is 5.95. The molecule has 0 unspecified atom stereocenters. The lowest BCUT2D eigenvalue weighted by Crippen LogP contribution is -2.50. The van der Waals surface area contributed by atoms with E-state index in [4.69, 9.17) is 14.0 Å². The Morgan fingerprint density at radius 3 is 2.89 bits per heavy atom. The van der Waals surface area contributed by atoms with Gasteiger partial charge in [-0.25, -0.2) is 0 Å². The van der Waals surface area contributed by atoms with E-state index >= 15 is 0 Å². The van der Waals surface area contributed by atoms with Crippen molar-refractivity contribution >= 4 is 11.6 Å². The van der Waals surface area contributed by atoms with Gasteiger partial charge < -0.3 is 24.2 Å². The molecule has 0 radical (unpaired) electrons. The first-order valence-electron chi connectivity index (χ1n) is 9.15. The molecule has 1 N–H and O–H groups in total. The fourth-order valence-corrected chi connectivity index (χ4v) is 3.12. The van der Waals surface area contributed by atoms with Gasteiger partial charge in [-0.15, -0.1) is 0 Å². The lowest BCUT2D eigenvalue weighted by molar-refractivity contribution is -0.0739. The van der Waals surface area contributed by atoms with Crippen LogP contribution in [0.5, 0.6) is 0 Å². The maximum atomic E-state index is 12.7. The minimum Gasteiger partial charge on any atom is -0.379 e. The summed E-state index contributed by atoms with van der Waals surface area (Å²) in [7, 11) is 3.90. The Kier molecular flexibility index (Phi) is 6.13. The van der Waals surface area contributed by atoms with Crippen LogP contribution in [0.4, 0.5) is 5.69 Å². The lowest BCUT2D eigenvalue weighted by atomic mass is 10.0. The van der Waals surface area contributed by atoms with Gasteiger partial charge in [0.05, 0.1) is 24.9 Å². The van der Waals surface area contributed by atoms with Crippen LogP contribution >= 0.6 is 0 Å². The van der Waals surface area contributed by atoms with Gasteiger partial charge in [0.15, 0.2) is 0 Å². The summed E-state index contributed by atoms with van der Waals surface area (Å²) in [5.41, 5.74) is 3.40. The van der Waals surface area contributed by atoms with Crippen molar-refractivity contribution < 1.29 is 18.8 Å². The summed E-state index contributed by atoms with van der Waals surface area (Å²) in [6.45, 7) is 5.20. The second-order valence-corrected chi connectivity index (χ2v) is 7.04. The average Bonchev–Trinajstić information content (AvgIpc) is 2.99. The van der Waals surface area contributed by atoms with Crippen molar-refractivity contribution in [3.8, 4) is 0 Å². The number of aryl methyl sites for hydroxylation is 2. The molecule has 2 heterocycles. The van der Waals surface area contributed by atoms with Gasteiger partial charge in [0.2, 0.25) is 0 Å². The molecular weight excluding hydrogens is 346 g/mol. The molecule has 27 heavy (non-hydrogen) atoms. The molecule has 1 aliphatic heterocycles. The van der Waals surface area contributed by atoms with E-state index in [1.807, 2.05) is 57.1 Å². The third kappa shape index (κ3) is 4.67. The number of aromatic nitrogens is 1. The number of nitrogens with zero attached hydrogens (tertiary/aromatic N) is 2. The molecule has 1 aromatic heterocycles. The number of ether oxygens (including phenoxy) is 2. The molecule has 1 saturated heterocycles. The van der Waals surface area contributed by atoms with E-state index in [1.165, 1.54) is 0 Å². The summed E-state index contributed by atoms with van der Waals surface area (Å²) >= 11 is 0. The van der Waals surface area contributed by atoms with Crippen molar-refractivity contribution in [1.29, 1.82) is 0 Å². The number of amides is 1. The van der Waals surface area contributed by atoms with Crippen LogP contribution in [0.15, 0.2) is 28.8 Å². The number of carbonyl (C=O) groups is 1. The molecule has 7 heteroatoms. The number of nitrogens with one attached hydrogen (secondary N) is 1. The number of carbonyl (C=O) groups excluding carboxylic acids is 1. The zero-order chi connectivity index (χ0) is 19.4. The summed E-state index contributed by atoms with van der Waals surface area (Å²) < 4.78 is 16.8. The van der Waals surface area contributed by atoms with Crippen LogP contribution in [-0.4, -0.2) is 50.5 Å². The Bertz CT molecular complexity index is 768. The third-order valence-electron chi connectivity index (χ3n) is 4.87. The fourth-order valence-electron chi connectivity index (χ4n) is 3.12. The summed E-state index contributed by atoms with van der Waals surface area (Å²) in [6, 6.07) is 7.46. The van der Waals surface area contributed by atoms with Gasteiger partial charge >= 0.3 is 0 Å². The molecule has 0 bridgehead atoms. The molecule has 0 spiro atoms. The largest absolute Gasteiger partial charge is 0.379 e. The van der Waals surface area contributed by atoms with E-state index in [9.17, 15) is 4.79 Å². The van der Waals surface area contributed by atoms with Crippen LogP contribution in [-0.2, 0) is 16.1 Å². The molecule has 146 valence electrons. The molecule has 2 atom stereocenters. The molecule has 2 aromatic rings. The quantitative estimate of drug-likeness (QED) is 0.838. The van der Waals surface area contributed by atoms with E-state index in [1.54, 1.807) is 0 Å². The maximum absolute atomic E-state index is 12.7. The van der Waals surface area contributed by atoms with Gasteiger partial charge in [0.25, 0.3) is 5.91 Å². The van der Waals surface area contributed by atoms with Gasteiger partial charge in [-0.2, -0.15) is 0 Å². The minimum absolute atomic E-state index is 0.100. The highest BCUT2D eigenvalue weighted by Crippen LogP contribution is 2.19. The van der Waals surface area contributed by atoms with E-state index in [0.29, 0.717) is 31.8 Å². The molecule has 1 amide bonds. The Morgan fingerprint density at radius 2 is 2.19 bits per heavy atom. The SMILES string of the molecule is Cc1noc(C)c1CO[C@H]1COCC[C@@H]1NC(=O)c1cccc(N(C)C)c1. The van der Waals surface area contributed by atoms with Crippen LogP contribution < -0.4 is 10.2 Å². The Balaban J connectivity index is 1.65. The summed E-state index contributed by atoms with van der Waals surface area (Å²) in [5.74, 6) is 0.654. The standard InChI is InChI=1S/C20H27N3O4/c1-13-17(14(2)27-22-13)11-26-19-12-25-9-8-18(19)21-20(24)15-6-5-7-16(10-15)23(3)4/h5-7,10,18-19H,8-9,11-12H2,1-4H3,(H,21,24)/t18-,19-/m0/s1. The van der Waals surface area contributed by atoms with E-state index in [2.05, 4.69) is 10.5 Å². The third-order valence-corrected chi connectivity index (χ3v) is 4.87. The smallest absolute Gasteiger partial charge is 0.251 e. The zero-order valence-electron chi connectivity index (χ0n) is 16.3. The topological polar surface area (TPSA) is 76.8 Å². The second kappa shape index (κ2) is 8.54. The minimum atomic E-state index is -0.214. The van der Waals surface area contributed by atoms with Crippen LogP contribution in [0.1, 0.15) is 33.8 Å². The van der Waals surface area contributed by atoms with Crippen LogP contribution in [0, 0.1) is 13.8 Å². The van der Waals surface area contributed by atoms with Crippen molar-refractivity contribution in [1.82, 2.24) is 10.5 Å². The number of hydrogen-bond donors (Lipinski definition) is 1. The first kappa shape index (κ1) is 19.4. The van der Waals surface area contributed by atoms with Gasteiger partial charge in [-0.1, -0.05) is 11.2 Å². The second-order valence-electron chi connectivity index (χ2n) is 7.04. The zero-order valence-corrected chi connectivity index (χ0v) is 16.3. The van der Waals surface area contributed by atoms with Crippen molar-refractivity contribution in [3.63, 3.8) is 0 Å². The highest BCUT2D eigenvalue weighted by atomic mass is 16.5. The number of hydrogen-bond acceptors (Lipinski definition) is 6. The van der Waals surface area contributed by atoms with Crippen molar-refractivity contribution in [2.45, 2.75) is 39.0 Å². The predicted molar refractivity (Wildman–Crippen MR) is 102 cm³/mol. The van der Waals surface area contributed by atoms with Crippen LogP contribution in [0.2, 0.25) is 0 Å². The van der Waals surface area contributed by atoms with Crippen molar-refractivity contribution in [2.75, 3.05) is 32.2 Å². The Morgan fingerprint density at radius 1 is 1.37 bits per heavy atom. The van der Waals surface area contributed by atoms with E-state index in [-0.39, 0.29) is 18.1 Å². The molecule has 1 fully saturated rings. The molecule has 3 rings (SSSR count). The van der Waals surface area contributed by atoms with E-state index < -0.39 is 0 Å². The molecule has 0 saturated carbocycles. The maximum Gasteiger partial charge on any atom is 0.251 e. The Hall–Kier alpha value is -2.38. The molecule has 1 aliphatic rings. The van der Waals surface area contributed by atoms with Gasteiger partial charge in [0, 0.05) is 37.5 Å². The number of anilines is 1. The average molecular weight is 373 g/mol. The number of benzene rings is 1. The molecular formula is C20H27N3O4. The summed E-state index contributed by atoms with van der Waals surface area (Å²) in [6.07, 6.45) is 0.499. The van der Waals surface area contributed by atoms with Gasteiger partial charge in [-0.3, -0.25) is 4.79 Å². The molecule has 7 nitrogen and oxygen atoms in total. The fraction of sp³-hybridized carbons (Fsp3) is 0.500. The number of rotatable bonds is 6. The van der Waals surface area contributed by atoms with Gasteiger partial charge in [0.1, 0.15) is 11.9 Å². The monoisotopic (exact) mass is 373 g/mol. The first-order chi connectivity index (χ1) is 13.0. The molecule has 1 aromatic carbocycles. The van der Waals surface area contributed by atoms with Gasteiger partial charge in [-0.05, 0) is 38.5 Å². The summed E-state index contributed by atoms with van der Waals surface area (Å²) in [4.78, 5) is 14.7. The van der Waals surface area contributed by atoms with Crippen molar-refractivity contribution in [2.24, 2.45) is 0 Å². The van der Waals surface area contributed by atoms with Crippen LogP contribution in [0.25, 0.3) is 0 Å². The lowest BCUT2D eigenvalue weighted by Gasteiger charge is -2.32. The van der Waals surface area contributed by atoms with Crippen LogP contribution in [0.3, 0.4) is 0 Å². The molecule has 0 aliphatic carbocycles. The van der Waals surface area contributed by atoms with E-state index in [0.717, 1.165) is 22.7 Å².